The standard InChI is InChI=1S/C12H26O5P/c1-3-5-7-9-11-14-16-18(13)17-15-12-10-8-6-4-2/h3-12H2,1-2H3. The van der Waals surface area contributed by atoms with Gasteiger partial charge in [0.2, 0.25) is 0 Å². The van der Waals surface area contributed by atoms with Crippen LogP contribution >= 0.6 is 8.25 Å². The molecule has 0 aromatic rings. The molecule has 0 aliphatic carbocycles. The molecule has 6 heteroatoms. The lowest BCUT2D eigenvalue weighted by atomic mass is 10.2. The van der Waals surface area contributed by atoms with Crippen molar-refractivity contribution in [3.05, 3.63) is 0 Å². The Hall–Kier alpha value is -0.0600. The molecule has 0 fully saturated rings. The van der Waals surface area contributed by atoms with Gasteiger partial charge in [-0.3, -0.25) is 0 Å². The maximum Gasteiger partial charge on any atom is 0.427 e. The molecule has 0 amide bonds. The van der Waals surface area contributed by atoms with Gasteiger partial charge < -0.3 is 0 Å². The highest BCUT2D eigenvalue weighted by Gasteiger charge is 2.04. The smallest absolute Gasteiger partial charge is 0.223 e. The normalized spacial score (nSPS) is 10.8. The molecule has 0 saturated heterocycles. The summed E-state index contributed by atoms with van der Waals surface area (Å²) in [4.78, 5) is 9.50. The molecule has 1 radical (unpaired) electrons. The van der Waals surface area contributed by atoms with Crippen LogP contribution in [0.1, 0.15) is 65.2 Å². The molecule has 0 aliphatic rings. The summed E-state index contributed by atoms with van der Waals surface area (Å²) < 4.78 is 20.1. The molecule has 0 aromatic heterocycles. The van der Waals surface area contributed by atoms with Gasteiger partial charge in [-0.25, -0.2) is 14.3 Å². The van der Waals surface area contributed by atoms with Crippen LogP contribution in [0.15, 0.2) is 0 Å². The zero-order valence-electron chi connectivity index (χ0n) is 11.6. The molecular formula is C12H26O5P. The molecular weight excluding hydrogens is 255 g/mol. The predicted octanol–water partition coefficient (Wildman–Crippen LogP) is 4.70. The van der Waals surface area contributed by atoms with E-state index >= 15 is 0 Å². The highest BCUT2D eigenvalue weighted by molar-refractivity contribution is 7.32. The summed E-state index contributed by atoms with van der Waals surface area (Å²) in [5.74, 6) is 0. The molecule has 0 N–H and O–H groups in total. The second kappa shape index (κ2) is 15.0. The summed E-state index contributed by atoms with van der Waals surface area (Å²) in [6.45, 7) is 5.14. The van der Waals surface area contributed by atoms with Crippen LogP contribution in [0, 0.1) is 0 Å². The average Bonchev–Trinajstić information content (AvgIpc) is 2.38. The summed E-state index contributed by atoms with van der Waals surface area (Å²) in [5, 5.41) is 0. The van der Waals surface area contributed by atoms with Crippen LogP contribution in [0.25, 0.3) is 0 Å². The topological polar surface area (TPSA) is 54.0 Å². The fourth-order valence-corrected chi connectivity index (χ4v) is 1.69. The van der Waals surface area contributed by atoms with Crippen molar-refractivity contribution >= 4 is 8.25 Å². The van der Waals surface area contributed by atoms with Crippen molar-refractivity contribution in [3.63, 3.8) is 0 Å². The largest absolute Gasteiger partial charge is 0.427 e. The molecule has 109 valence electrons. The lowest BCUT2D eigenvalue weighted by Gasteiger charge is -2.03. The van der Waals surface area contributed by atoms with Crippen LogP contribution in [0.2, 0.25) is 0 Å². The third-order valence-electron chi connectivity index (χ3n) is 2.39. The third-order valence-corrected chi connectivity index (χ3v) is 2.84. The molecule has 0 rings (SSSR count). The lowest BCUT2D eigenvalue weighted by Crippen LogP contribution is -1.95. The molecule has 0 atom stereocenters. The molecule has 18 heavy (non-hydrogen) atoms. The van der Waals surface area contributed by atoms with E-state index in [2.05, 4.69) is 23.2 Å². The lowest BCUT2D eigenvalue weighted by molar-refractivity contribution is -0.259. The van der Waals surface area contributed by atoms with Crippen LogP contribution in [0.4, 0.5) is 0 Å². The average molecular weight is 281 g/mol. The number of unbranched alkanes of at least 4 members (excludes halogenated alkanes) is 6. The molecule has 0 heterocycles. The predicted molar refractivity (Wildman–Crippen MR) is 70.0 cm³/mol. The minimum atomic E-state index is -2.32. The number of hydrogen-bond donors (Lipinski definition) is 0. The van der Waals surface area contributed by atoms with Gasteiger partial charge in [0.05, 0.1) is 13.2 Å². The summed E-state index contributed by atoms with van der Waals surface area (Å²) in [6, 6.07) is 0. The fraction of sp³-hybridized carbons (Fsp3) is 1.00. The molecule has 0 aromatic carbocycles. The van der Waals surface area contributed by atoms with Gasteiger partial charge in [-0.15, -0.1) is 9.35 Å². The van der Waals surface area contributed by atoms with Gasteiger partial charge in [0.25, 0.3) is 0 Å². The van der Waals surface area contributed by atoms with Crippen LogP contribution in [-0.4, -0.2) is 13.2 Å². The maximum atomic E-state index is 11.1. The van der Waals surface area contributed by atoms with Gasteiger partial charge in [-0.1, -0.05) is 52.4 Å². The van der Waals surface area contributed by atoms with E-state index in [4.69, 9.17) is 9.78 Å². The van der Waals surface area contributed by atoms with Gasteiger partial charge in [0.1, 0.15) is 0 Å². The van der Waals surface area contributed by atoms with Crippen molar-refractivity contribution in [3.8, 4) is 0 Å². The highest BCUT2D eigenvalue weighted by Crippen LogP contribution is 2.24. The Morgan fingerprint density at radius 3 is 1.56 bits per heavy atom. The Kier molecular flexibility index (Phi) is 14.9. The number of rotatable bonds is 14. The van der Waals surface area contributed by atoms with Gasteiger partial charge in [-0.2, -0.15) is 0 Å². The van der Waals surface area contributed by atoms with Crippen molar-refractivity contribution in [1.82, 2.24) is 0 Å². The van der Waals surface area contributed by atoms with Gasteiger partial charge in [-0.05, 0) is 12.8 Å². The SMILES string of the molecule is CCCCCCOO[P](=O)OOCCCCCC. The van der Waals surface area contributed by atoms with Crippen LogP contribution in [0.3, 0.4) is 0 Å². The van der Waals surface area contributed by atoms with Crippen molar-refractivity contribution in [2.75, 3.05) is 13.2 Å². The maximum absolute atomic E-state index is 11.1. The molecule has 0 bridgehead atoms. The fourth-order valence-electron chi connectivity index (χ4n) is 1.35. The third kappa shape index (κ3) is 14.0. The van der Waals surface area contributed by atoms with Crippen molar-refractivity contribution in [1.29, 1.82) is 0 Å². The molecule has 0 unspecified atom stereocenters. The van der Waals surface area contributed by atoms with E-state index in [1.54, 1.807) is 0 Å². The van der Waals surface area contributed by atoms with Crippen molar-refractivity contribution in [2.45, 2.75) is 65.2 Å². The van der Waals surface area contributed by atoms with E-state index in [1.807, 2.05) is 0 Å². The zero-order valence-corrected chi connectivity index (χ0v) is 12.5. The first-order valence-corrected chi connectivity index (χ1v) is 7.97. The Labute approximate surface area is 111 Å². The Balaban J connectivity index is 3.12. The Morgan fingerprint density at radius 2 is 1.17 bits per heavy atom. The summed E-state index contributed by atoms with van der Waals surface area (Å²) >= 11 is 0. The van der Waals surface area contributed by atoms with Crippen molar-refractivity contribution in [2.24, 2.45) is 0 Å². The molecule has 0 spiro atoms. The molecule has 0 saturated carbocycles. The summed E-state index contributed by atoms with van der Waals surface area (Å²) in [5.41, 5.74) is 0. The minimum Gasteiger partial charge on any atom is -0.223 e. The van der Waals surface area contributed by atoms with E-state index in [-0.39, 0.29) is 0 Å². The summed E-state index contributed by atoms with van der Waals surface area (Å²) in [7, 11) is -2.32. The Bertz CT molecular complexity index is 171. The first kappa shape index (κ1) is 17.9. The quantitative estimate of drug-likeness (QED) is 0.200. The number of hydrogen-bond acceptors (Lipinski definition) is 5. The Morgan fingerprint density at radius 1 is 0.722 bits per heavy atom. The first-order chi connectivity index (χ1) is 8.81. The van der Waals surface area contributed by atoms with Crippen LogP contribution in [-0.2, 0) is 23.7 Å². The van der Waals surface area contributed by atoms with E-state index in [0.29, 0.717) is 13.2 Å². The van der Waals surface area contributed by atoms with Gasteiger partial charge in [0, 0.05) is 0 Å². The highest BCUT2D eigenvalue weighted by atomic mass is 31.1. The molecule has 0 aliphatic heterocycles. The second-order valence-corrected chi connectivity index (χ2v) is 4.88. The second-order valence-electron chi connectivity index (χ2n) is 4.14. The van der Waals surface area contributed by atoms with E-state index in [9.17, 15) is 4.57 Å². The van der Waals surface area contributed by atoms with Crippen molar-refractivity contribution < 1.29 is 23.7 Å². The summed E-state index contributed by atoms with van der Waals surface area (Å²) in [6.07, 6.45) is 8.66. The van der Waals surface area contributed by atoms with E-state index in [0.717, 1.165) is 25.7 Å². The minimum absolute atomic E-state index is 0.431. The zero-order chi connectivity index (χ0) is 13.5. The van der Waals surface area contributed by atoms with Gasteiger partial charge >= 0.3 is 8.25 Å². The van der Waals surface area contributed by atoms with E-state index < -0.39 is 8.25 Å². The molecule has 5 nitrogen and oxygen atoms in total. The van der Waals surface area contributed by atoms with Gasteiger partial charge in [0.15, 0.2) is 0 Å². The van der Waals surface area contributed by atoms with Crippen LogP contribution < -0.4 is 0 Å². The van der Waals surface area contributed by atoms with E-state index in [1.165, 1.54) is 25.7 Å². The monoisotopic (exact) mass is 281 g/mol. The van der Waals surface area contributed by atoms with Crippen LogP contribution in [0.5, 0.6) is 0 Å². The first-order valence-electron chi connectivity index (χ1n) is 6.87.